The lowest BCUT2D eigenvalue weighted by Gasteiger charge is -2.39. The molecule has 11 nitrogen and oxygen atoms in total. The van der Waals surface area contributed by atoms with E-state index in [1.165, 1.54) is 27.6 Å². The Morgan fingerprint density at radius 1 is 0.809 bits per heavy atom. The summed E-state index contributed by atoms with van der Waals surface area (Å²) >= 11 is 2.69. The van der Waals surface area contributed by atoms with Crippen molar-refractivity contribution in [1.29, 1.82) is 0 Å². The second kappa shape index (κ2) is 12.5. The topological polar surface area (TPSA) is 139 Å². The minimum Gasteiger partial charge on any atom is -0.344 e. The fourth-order valence-corrected chi connectivity index (χ4v) is 8.22. The monoisotopic (exact) mass is 683 g/mol. The lowest BCUT2D eigenvalue weighted by molar-refractivity contribution is -0.116. The molecule has 16 heteroatoms. The molecule has 2 aliphatic carbocycles. The molecule has 3 fully saturated rings. The number of carbonyl (C=O) groups is 2. The van der Waals surface area contributed by atoms with Crippen LogP contribution in [0.15, 0.2) is 36.4 Å². The first kappa shape index (κ1) is 31.5. The van der Waals surface area contributed by atoms with Crippen molar-refractivity contribution in [2.75, 3.05) is 28.6 Å². The van der Waals surface area contributed by atoms with Gasteiger partial charge in [-0.3, -0.25) is 14.6 Å². The fourth-order valence-electron chi connectivity index (χ4n) is 6.40. The molecule has 0 spiro atoms. The molecule has 1 saturated heterocycles. The van der Waals surface area contributed by atoms with Crippen LogP contribution in [-0.2, 0) is 22.4 Å². The van der Waals surface area contributed by atoms with Gasteiger partial charge in [0.2, 0.25) is 22.1 Å². The highest BCUT2D eigenvalue weighted by atomic mass is 32.1. The number of halogens is 3. The lowest BCUT2D eigenvalue weighted by Crippen LogP contribution is -2.56. The first-order chi connectivity index (χ1) is 22.5. The Labute approximate surface area is 276 Å². The highest BCUT2D eigenvalue weighted by Crippen LogP contribution is 2.47. The van der Waals surface area contributed by atoms with Crippen molar-refractivity contribution in [3.8, 4) is 0 Å². The molecule has 2 saturated carbocycles. The number of hydrogen-bond donors (Lipinski definition) is 2. The zero-order valence-corrected chi connectivity index (χ0v) is 27.1. The number of amides is 2. The van der Waals surface area contributed by atoms with E-state index >= 15 is 0 Å². The highest BCUT2D eigenvalue weighted by Gasteiger charge is 2.44. The van der Waals surface area contributed by atoms with Crippen LogP contribution in [0.25, 0.3) is 0 Å². The number of anilines is 3. The quantitative estimate of drug-likeness (QED) is 0.217. The maximum Gasteiger partial charge on any atom is 0.282 e. The van der Waals surface area contributed by atoms with E-state index in [1.54, 1.807) is 31.2 Å². The number of carbonyl (C=O) groups excluding carboxylic acids is 2. The molecule has 0 aromatic carbocycles. The molecule has 0 unspecified atom stereocenters. The van der Waals surface area contributed by atoms with Crippen molar-refractivity contribution in [2.24, 2.45) is 0 Å². The lowest BCUT2D eigenvalue weighted by atomic mass is 9.72. The predicted octanol–water partition coefficient (Wildman–Crippen LogP) is 5.65. The Balaban J connectivity index is 0.882. The van der Waals surface area contributed by atoms with Crippen LogP contribution in [0.1, 0.15) is 83.9 Å². The summed E-state index contributed by atoms with van der Waals surface area (Å²) in [6.07, 6.45) is 3.54. The molecule has 2 atom stereocenters. The number of pyridine rings is 2. The third kappa shape index (κ3) is 7.43. The smallest absolute Gasteiger partial charge is 0.282 e. The summed E-state index contributed by atoms with van der Waals surface area (Å²) in [4.78, 5) is 35.8. The summed E-state index contributed by atoms with van der Waals surface area (Å²) in [6.45, 7) is 0.853. The van der Waals surface area contributed by atoms with Gasteiger partial charge in [-0.1, -0.05) is 34.8 Å². The Kier molecular flexibility index (Phi) is 8.40. The van der Waals surface area contributed by atoms with Gasteiger partial charge >= 0.3 is 0 Å². The van der Waals surface area contributed by atoms with E-state index in [1.807, 2.05) is 12.1 Å². The Morgan fingerprint density at radius 3 is 1.91 bits per heavy atom. The summed E-state index contributed by atoms with van der Waals surface area (Å²) in [5, 5.41) is 25.1. The Hall–Kier alpha value is -4.05. The molecule has 0 radical (unpaired) electrons. The van der Waals surface area contributed by atoms with E-state index in [0.29, 0.717) is 40.3 Å². The predicted molar refractivity (Wildman–Crippen MR) is 171 cm³/mol. The molecule has 246 valence electrons. The average Bonchev–Trinajstić information content (AvgIpc) is 3.76. The molecule has 2 N–H and O–H groups in total. The third-order valence-corrected chi connectivity index (χ3v) is 10.7. The van der Waals surface area contributed by atoms with E-state index in [2.05, 4.69) is 41.0 Å². The van der Waals surface area contributed by atoms with Crippen molar-refractivity contribution in [1.82, 2.24) is 30.4 Å². The number of nitrogens with one attached hydrogen (secondary N) is 2. The van der Waals surface area contributed by atoms with Gasteiger partial charge in [0.15, 0.2) is 0 Å². The van der Waals surface area contributed by atoms with Gasteiger partial charge in [-0.2, -0.15) is 0 Å². The van der Waals surface area contributed by atoms with Crippen LogP contribution >= 0.6 is 22.7 Å². The number of nitrogens with zero attached hydrogens (tertiary/aromatic N) is 7. The molecule has 4 aromatic heterocycles. The molecule has 7 rings (SSSR count). The van der Waals surface area contributed by atoms with Gasteiger partial charge in [0.1, 0.15) is 21.5 Å². The summed E-state index contributed by atoms with van der Waals surface area (Å²) in [7, 11) is 0. The highest BCUT2D eigenvalue weighted by molar-refractivity contribution is 7.15. The minimum atomic E-state index is -2.70. The van der Waals surface area contributed by atoms with Crippen molar-refractivity contribution < 1.29 is 22.8 Å². The molecule has 5 heterocycles. The van der Waals surface area contributed by atoms with Crippen molar-refractivity contribution in [3.05, 3.63) is 63.5 Å². The molecule has 4 aromatic rings. The maximum atomic E-state index is 13.9. The van der Waals surface area contributed by atoms with E-state index in [9.17, 15) is 22.8 Å². The van der Waals surface area contributed by atoms with Gasteiger partial charge in [-0.05, 0) is 63.3 Å². The van der Waals surface area contributed by atoms with Crippen LogP contribution < -0.4 is 15.5 Å². The molecular formula is C31H32F3N9O2S2. The van der Waals surface area contributed by atoms with Crippen LogP contribution in [-0.4, -0.2) is 66.9 Å². The van der Waals surface area contributed by atoms with Crippen LogP contribution in [0.3, 0.4) is 0 Å². The first-order valence-corrected chi connectivity index (χ1v) is 17.1. The number of alkyl halides is 3. The molecule has 2 amide bonds. The fraction of sp³-hybridized carbons (Fsp3) is 0.484. The summed E-state index contributed by atoms with van der Waals surface area (Å²) in [6, 6.07) is 10.6. The van der Waals surface area contributed by atoms with E-state index in [4.69, 9.17) is 0 Å². The van der Waals surface area contributed by atoms with Crippen molar-refractivity contribution >= 4 is 50.6 Å². The van der Waals surface area contributed by atoms with Crippen LogP contribution in [0.5, 0.6) is 0 Å². The van der Waals surface area contributed by atoms with Crippen LogP contribution in [0.4, 0.5) is 29.3 Å². The normalized spacial score (nSPS) is 24.8. The summed E-state index contributed by atoms with van der Waals surface area (Å²) in [5.41, 5.74) is 0.796. The molecule has 47 heavy (non-hydrogen) atoms. The molecule has 3 aliphatic rings. The molecule has 0 bridgehead atoms. The van der Waals surface area contributed by atoms with E-state index in [-0.39, 0.29) is 55.5 Å². The maximum absolute atomic E-state index is 13.9. The number of rotatable bonds is 10. The second-order valence-electron chi connectivity index (χ2n) is 12.8. The van der Waals surface area contributed by atoms with Gasteiger partial charge in [-0.25, -0.2) is 18.2 Å². The van der Waals surface area contributed by atoms with Gasteiger partial charge in [-0.15, -0.1) is 20.4 Å². The second-order valence-corrected chi connectivity index (χ2v) is 14.8. The molecular weight excluding hydrogens is 652 g/mol. The van der Waals surface area contributed by atoms with Crippen molar-refractivity contribution in [2.45, 2.75) is 81.2 Å². The number of aromatic nitrogens is 6. The van der Waals surface area contributed by atoms with E-state index < -0.39 is 11.6 Å². The average molecular weight is 684 g/mol. The third-order valence-electron chi connectivity index (χ3n) is 8.74. The van der Waals surface area contributed by atoms with Gasteiger partial charge < -0.3 is 15.5 Å². The van der Waals surface area contributed by atoms with Gasteiger partial charge in [0.05, 0.1) is 37.3 Å². The molecule has 1 aliphatic heterocycles. The standard InChI is InChI=1S/C31H32F3N9O2S2/c1-30(32)13-19(14-30)22-6-2-4-20(35-22)11-24(44)37-28-41-39-26(46-28)17-8-9-18(10-17)27-40-42-29(47-27)38-25(45)12-21-5-3-7-23(36-21)43-15-31(33,34)16-43/h2-7,17-19H,8-16H2,1H3,(H,37,41,44)(H,38,42,45)/t17-,18-,19?,30?/m0/s1. The zero-order valence-electron chi connectivity index (χ0n) is 25.5. The van der Waals surface area contributed by atoms with Crippen molar-refractivity contribution in [3.63, 3.8) is 0 Å². The SMILES string of the molecule is CC1(F)CC(c2cccc(CC(=O)Nc3nnc([C@H]4CC[C@H](c5nnc(NC(=O)Cc6cccc(N7CC(F)(F)C7)n6)s5)C4)s3)n2)C1. The first-order valence-electron chi connectivity index (χ1n) is 15.5. The minimum absolute atomic E-state index is 0.0161. The van der Waals surface area contributed by atoms with E-state index in [0.717, 1.165) is 35.0 Å². The summed E-state index contributed by atoms with van der Waals surface area (Å²) in [5.74, 6) is -2.42. The van der Waals surface area contributed by atoms with Gasteiger partial charge in [0.25, 0.3) is 5.92 Å². The number of hydrogen-bond acceptors (Lipinski definition) is 11. The van der Waals surface area contributed by atoms with Crippen LogP contribution in [0.2, 0.25) is 0 Å². The largest absolute Gasteiger partial charge is 0.344 e. The van der Waals surface area contributed by atoms with Gasteiger partial charge in [0, 0.05) is 23.4 Å². The Bertz CT molecular complexity index is 1650. The Morgan fingerprint density at radius 2 is 1.36 bits per heavy atom. The zero-order chi connectivity index (χ0) is 32.8. The van der Waals surface area contributed by atoms with Crippen LogP contribution in [0, 0.1) is 0 Å². The summed E-state index contributed by atoms with van der Waals surface area (Å²) < 4.78 is 40.4.